The van der Waals surface area contributed by atoms with Crippen LogP contribution in [0.1, 0.15) is 23.2 Å². The van der Waals surface area contributed by atoms with Crippen molar-refractivity contribution in [2.75, 3.05) is 32.0 Å². The number of anilines is 1. The van der Waals surface area contributed by atoms with Gasteiger partial charge in [0.1, 0.15) is 0 Å². The van der Waals surface area contributed by atoms with Crippen LogP contribution in [0.2, 0.25) is 0 Å². The Balaban J connectivity index is 1.84. The summed E-state index contributed by atoms with van der Waals surface area (Å²) in [5.41, 5.74) is 2.39. The number of benzene rings is 1. The molecule has 0 aromatic heterocycles. The smallest absolute Gasteiger partial charge is 0.253 e. The Morgan fingerprint density at radius 2 is 2.14 bits per heavy atom. The summed E-state index contributed by atoms with van der Waals surface area (Å²) in [6, 6.07) is 7.34. The van der Waals surface area contributed by atoms with Crippen LogP contribution in [0.25, 0.3) is 0 Å². The summed E-state index contributed by atoms with van der Waals surface area (Å²) in [4.78, 5) is 25.7. The molecule has 5 heteroatoms. The first-order chi connectivity index (χ1) is 10.1. The van der Waals surface area contributed by atoms with Gasteiger partial charge in [0.15, 0.2) is 0 Å². The SMILES string of the molecule is C=C1CCN(CCNC(=O)c2ccccc2NC)C(=O)C1. The second-order valence-electron chi connectivity index (χ2n) is 5.11. The molecule has 0 bridgehead atoms. The molecule has 1 aromatic rings. The van der Waals surface area contributed by atoms with E-state index in [1.54, 1.807) is 18.0 Å². The lowest BCUT2D eigenvalue weighted by atomic mass is 10.1. The molecule has 1 aromatic carbocycles. The molecule has 2 rings (SSSR count). The third kappa shape index (κ3) is 3.84. The number of nitrogens with one attached hydrogen (secondary N) is 2. The molecule has 2 N–H and O–H groups in total. The molecule has 0 atom stereocenters. The van der Waals surface area contributed by atoms with Gasteiger partial charge in [0, 0.05) is 38.8 Å². The van der Waals surface area contributed by atoms with Crippen LogP contribution in [-0.2, 0) is 4.79 Å². The molecule has 0 radical (unpaired) electrons. The van der Waals surface area contributed by atoms with E-state index in [1.807, 2.05) is 18.2 Å². The van der Waals surface area contributed by atoms with Gasteiger partial charge >= 0.3 is 0 Å². The molecule has 1 aliphatic heterocycles. The first kappa shape index (κ1) is 15.1. The molecule has 0 spiro atoms. The summed E-state index contributed by atoms with van der Waals surface area (Å²) in [7, 11) is 1.78. The second kappa shape index (κ2) is 6.92. The van der Waals surface area contributed by atoms with E-state index in [-0.39, 0.29) is 11.8 Å². The van der Waals surface area contributed by atoms with E-state index in [1.165, 1.54) is 0 Å². The lowest BCUT2D eigenvalue weighted by Gasteiger charge is -2.28. The summed E-state index contributed by atoms with van der Waals surface area (Å²) in [5.74, 6) is -0.0371. The van der Waals surface area contributed by atoms with Crippen molar-refractivity contribution in [3.05, 3.63) is 42.0 Å². The first-order valence-corrected chi connectivity index (χ1v) is 7.11. The molecule has 1 heterocycles. The monoisotopic (exact) mass is 287 g/mol. The van der Waals surface area contributed by atoms with Crippen molar-refractivity contribution in [1.82, 2.24) is 10.2 Å². The minimum atomic E-state index is -0.131. The Hall–Kier alpha value is -2.30. The van der Waals surface area contributed by atoms with E-state index in [9.17, 15) is 9.59 Å². The van der Waals surface area contributed by atoms with E-state index in [0.29, 0.717) is 31.6 Å². The van der Waals surface area contributed by atoms with Crippen LogP contribution in [0, 0.1) is 0 Å². The molecule has 1 fully saturated rings. The van der Waals surface area contributed by atoms with Crippen LogP contribution in [0.15, 0.2) is 36.4 Å². The highest BCUT2D eigenvalue weighted by Gasteiger charge is 2.20. The largest absolute Gasteiger partial charge is 0.387 e. The quantitative estimate of drug-likeness (QED) is 0.809. The van der Waals surface area contributed by atoms with E-state index in [4.69, 9.17) is 0 Å². The fraction of sp³-hybridized carbons (Fsp3) is 0.375. The average molecular weight is 287 g/mol. The van der Waals surface area contributed by atoms with E-state index >= 15 is 0 Å². The minimum Gasteiger partial charge on any atom is -0.387 e. The van der Waals surface area contributed by atoms with Gasteiger partial charge in [-0.25, -0.2) is 0 Å². The number of amides is 2. The zero-order chi connectivity index (χ0) is 15.2. The summed E-state index contributed by atoms with van der Waals surface area (Å²) in [6.07, 6.45) is 1.28. The molecule has 2 amide bonds. The standard InChI is InChI=1S/C16H21N3O2/c1-12-7-9-19(15(20)11-12)10-8-18-16(21)13-5-3-4-6-14(13)17-2/h3-6,17H,1,7-11H2,2H3,(H,18,21). The minimum absolute atomic E-state index is 0.0936. The van der Waals surface area contributed by atoms with Gasteiger partial charge in [-0.2, -0.15) is 0 Å². The number of carbonyl (C=O) groups is 2. The van der Waals surface area contributed by atoms with E-state index in [2.05, 4.69) is 17.2 Å². The second-order valence-corrected chi connectivity index (χ2v) is 5.11. The molecular formula is C16H21N3O2. The number of para-hydroxylation sites is 1. The normalized spacial score (nSPS) is 15.0. The molecule has 0 saturated carbocycles. The number of likely N-dealkylation sites (tertiary alicyclic amines) is 1. The maximum Gasteiger partial charge on any atom is 0.253 e. The number of hydrogen-bond acceptors (Lipinski definition) is 3. The third-order valence-electron chi connectivity index (χ3n) is 3.60. The highest BCUT2D eigenvalue weighted by Crippen LogP contribution is 2.15. The van der Waals surface area contributed by atoms with Crippen molar-refractivity contribution in [3.63, 3.8) is 0 Å². The first-order valence-electron chi connectivity index (χ1n) is 7.11. The maximum absolute atomic E-state index is 12.1. The van der Waals surface area contributed by atoms with Gasteiger partial charge in [-0.3, -0.25) is 9.59 Å². The average Bonchev–Trinajstić information content (AvgIpc) is 2.49. The van der Waals surface area contributed by atoms with Gasteiger partial charge in [0.2, 0.25) is 5.91 Å². The van der Waals surface area contributed by atoms with Gasteiger partial charge in [0.05, 0.1) is 5.56 Å². The van der Waals surface area contributed by atoms with Crippen LogP contribution >= 0.6 is 0 Å². The third-order valence-corrected chi connectivity index (χ3v) is 3.60. The lowest BCUT2D eigenvalue weighted by Crippen LogP contribution is -2.41. The van der Waals surface area contributed by atoms with Crippen molar-refractivity contribution in [1.29, 1.82) is 0 Å². The zero-order valence-corrected chi connectivity index (χ0v) is 12.3. The van der Waals surface area contributed by atoms with Gasteiger partial charge in [-0.05, 0) is 18.6 Å². The van der Waals surface area contributed by atoms with Crippen molar-refractivity contribution in [2.24, 2.45) is 0 Å². The molecule has 0 unspecified atom stereocenters. The van der Waals surface area contributed by atoms with Gasteiger partial charge in [-0.15, -0.1) is 0 Å². The molecular weight excluding hydrogens is 266 g/mol. The van der Waals surface area contributed by atoms with Crippen molar-refractivity contribution in [3.8, 4) is 0 Å². The van der Waals surface area contributed by atoms with Crippen LogP contribution in [-0.4, -0.2) is 43.4 Å². The lowest BCUT2D eigenvalue weighted by molar-refractivity contribution is -0.131. The zero-order valence-electron chi connectivity index (χ0n) is 12.3. The molecule has 1 saturated heterocycles. The predicted molar refractivity (Wildman–Crippen MR) is 83.3 cm³/mol. The fourth-order valence-electron chi connectivity index (χ4n) is 2.37. The number of hydrogen-bond donors (Lipinski definition) is 2. The molecule has 1 aliphatic rings. The Kier molecular flexibility index (Phi) is 4.98. The van der Waals surface area contributed by atoms with Crippen LogP contribution in [0.3, 0.4) is 0 Å². The number of rotatable bonds is 5. The number of nitrogens with zero attached hydrogens (tertiary/aromatic N) is 1. The fourth-order valence-corrected chi connectivity index (χ4v) is 2.37. The Bertz CT molecular complexity index is 554. The van der Waals surface area contributed by atoms with Crippen LogP contribution < -0.4 is 10.6 Å². The van der Waals surface area contributed by atoms with Crippen molar-refractivity contribution in [2.45, 2.75) is 12.8 Å². The Morgan fingerprint density at radius 1 is 1.38 bits per heavy atom. The Morgan fingerprint density at radius 3 is 2.86 bits per heavy atom. The molecule has 0 aliphatic carbocycles. The summed E-state index contributed by atoms with van der Waals surface area (Å²) in [5, 5.41) is 5.85. The predicted octanol–water partition coefficient (Wildman–Crippen LogP) is 1.64. The highest BCUT2D eigenvalue weighted by atomic mass is 16.2. The van der Waals surface area contributed by atoms with Gasteiger partial charge in [-0.1, -0.05) is 24.3 Å². The number of piperidine rings is 1. The van der Waals surface area contributed by atoms with Crippen molar-refractivity contribution >= 4 is 17.5 Å². The molecule has 21 heavy (non-hydrogen) atoms. The highest BCUT2D eigenvalue weighted by molar-refractivity contribution is 5.99. The van der Waals surface area contributed by atoms with Gasteiger partial charge in [0.25, 0.3) is 5.91 Å². The van der Waals surface area contributed by atoms with E-state index in [0.717, 1.165) is 17.7 Å². The topological polar surface area (TPSA) is 61.4 Å². The van der Waals surface area contributed by atoms with E-state index < -0.39 is 0 Å². The summed E-state index contributed by atoms with van der Waals surface area (Å²) >= 11 is 0. The molecule has 112 valence electrons. The Labute approximate surface area is 125 Å². The summed E-state index contributed by atoms with van der Waals surface area (Å²) in [6.45, 7) is 5.53. The van der Waals surface area contributed by atoms with Crippen molar-refractivity contribution < 1.29 is 9.59 Å². The number of carbonyl (C=O) groups excluding carboxylic acids is 2. The summed E-state index contributed by atoms with van der Waals surface area (Å²) < 4.78 is 0. The maximum atomic E-state index is 12.1. The molecule has 5 nitrogen and oxygen atoms in total. The van der Waals surface area contributed by atoms with Gasteiger partial charge < -0.3 is 15.5 Å². The van der Waals surface area contributed by atoms with Crippen LogP contribution in [0.4, 0.5) is 5.69 Å². The van der Waals surface area contributed by atoms with Crippen LogP contribution in [0.5, 0.6) is 0 Å².